The summed E-state index contributed by atoms with van der Waals surface area (Å²) in [5.74, 6) is 0.703. The summed E-state index contributed by atoms with van der Waals surface area (Å²) < 4.78 is 6.61. The molecule has 0 spiro atoms. The first-order valence-corrected chi connectivity index (χ1v) is 20.6. The van der Waals surface area contributed by atoms with Crippen LogP contribution in [-0.4, -0.2) is 15.0 Å². The Labute approximate surface area is 352 Å². The van der Waals surface area contributed by atoms with Gasteiger partial charge in [0.25, 0.3) is 0 Å². The number of para-hydroxylation sites is 3. The zero-order chi connectivity index (χ0) is 40.3. The summed E-state index contributed by atoms with van der Waals surface area (Å²) in [6, 6.07) is 74.4. The molecule has 0 fully saturated rings. The van der Waals surface area contributed by atoms with Gasteiger partial charge in [-0.1, -0.05) is 176 Å². The number of rotatable bonds is 6. The van der Waals surface area contributed by atoms with E-state index in [1.165, 1.54) is 5.39 Å². The van der Waals surface area contributed by atoms with Gasteiger partial charge in [0.1, 0.15) is 11.2 Å². The van der Waals surface area contributed by atoms with E-state index in [0.717, 1.165) is 111 Å². The molecule has 284 valence electrons. The van der Waals surface area contributed by atoms with Crippen LogP contribution in [-0.2, 0) is 0 Å². The molecule has 0 saturated carbocycles. The third-order valence-electron chi connectivity index (χ3n) is 11.8. The number of hydrogen-bond acceptors (Lipinski definition) is 4. The fourth-order valence-electron chi connectivity index (χ4n) is 8.99. The van der Waals surface area contributed by atoms with Crippen LogP contribution in [0.4, 0.5) is 0 Å². The van der Waals surface area contributed by atoms with Crippen molar-refractivity contribution in [2.75, 3.05) is 0 Å². The summed E-state index contributed by atoms with van der Waals surface area (Å²) in [5, 5.41) is 6.58. The Bertz CT molecular complexity index is 3630. The van der Waals surface area contributed by atoms with Gasteiger partial charge in [0.05, 0.1) is 22.4 Å². The van der Waals surface area contributed by atoms with Gasteiger partial charge in [-0.05, 0) is 64.2 Å². The van der Waals surface area contributed by atoms with E-state index in [2.05, 4.69) is 194 Å². The molecule has 4 nitrogen and oxygen atoms in total. The maximum absolute atomic E-state index is 6.61. The second-order valence-corrected chi connectivity index (χ2v) is 15.5. The van der Waals surface area contributed by atoms with Gasteiger partial charge in [-0.2, -0.15) is 0 Å². The monoisotopic (exact) mass is 777 g/mol. The second kappa shape index (κ2) is 14.3. The molecule has 4 heteroatoms. The molecular formula is C57H35N3O. The number of fused-ring (bicyclic) bond motifs is 7. The molecule has 0 radical (unpaired) electrons. The Hall–Kier alpha value is -8.21. The van der Waals surface area contributed by atoms with E-state index in [1.54, 1.807) is 0 Å². The standard InChI is InChI=1S/C57H35N3O/c1-3-15-36(16-4-1)41-20-14-22-43(34-41)57-59-49-27-11-8-24-45(49)55(60-57)39-31-29-37(30-32-39)40-19-13-21-42(33-40)56-47-35-51-54(46-25-9-12-28-50(46)61-51)52(38-17-5-2-6-18-38)53(47)44-23-7-10-26-48(44)58-56/h1-35H. The van der Waals surface area contributed by atoms with Crippen molar-refractivity contribution in [1.29, 1.82) is 0 Å². The van der Waals surface area contributed by atoms with Crippen LogP contribution < -0.4 is 0 Å². The van der Waals surface area contributed by atoms with Crippen LogP contribution in [0.3, 0.4) is 0 Å². The first kappa shape index (κ1) is 34.8. The lowest BCUT2D eigenvalue weighted by molar-refractivity contribution is 0.669. The average molecular weight is 778 g/mol. The van der Waals surface area contributed by atoms with E-state index in [1.807, 2.05) is 18.2 Å². The minimum Gasteiger partial charge on any atom is -0.456 e. The normalized spacial score (nSPS) is 11.6. The average Bonchev–Trinajstić information content (AvgIpc) is 3.71. The van der Waals surface area contributed by atoms with Crippen molar-refractivity contribution < 1.29 is 4.42 Å². The SMILES string of the molecule is c1ccc(-c2cccc(-c3nc(-c4ccc(-c5cccc(-c6nc7ccccc7c7c(-c8ccccc8)c8c(cc67)oc6ccccc68)c5)cc4)c4ccccc4n3)c2)cc1. The van der Waals surface area contributed by atoms with Gasteiger partial charge >= 0.3 is 0 Å². The second-order valence-electron chi connectivity index (χ2n) is 15.5. The van der Waals surface area contributed by atoms with Gasteiger partial charge < -0.3 is 4.42 Å². The summed E-state index contributed by atoms with van der Waals surface area (Å²) in [5.41, 5.74) is 15.3. The summed E-state index contributed by atoms with van der Waals surface area (Å²) in [6.07, 6.45) is 0. The first-order valence-electron chi connectivity index (χ1n) is 20.6. The highest BCUT2D eigenvalue weighted by atomic mass is 16.3. The largest absolute Gasteiger partial charge is 0.456 e. The van der Waals surface area contributed by atoms with Crippen molar-refractivity contribution >= 4 is 54.5 Å². The lowest BCUT2D eigenvalue weighted by Crippen LogP contribution is -1.95. The van der Waals surface area contributed by atoms with E-state index in [4.69, 9.17) is 19.4 Å². The molecule has 0 N–H and O–H groups in total. The third-order valence-corrected chi connectivity index (χ3v) is 11.8. The van der Waals surface area contributed by atoms with E-state index in [9.17, 15) is 0 Å². The van der Waals surface area contributed by atoms with Crippen LogP contribution in [0.15, 0.2) is 217 Å². The molecule has 61 heavy (non-hydrogen) atoms. The Kier molecular flexibility index (Phi) is 8.13. The van der Waals surface area contributed by atoms with Crippen LogP contribution in [0.2, 0.25) is 0 Å². The van der Waals surface area contributed by atoms with Crippen LogP contribution in [0, 0.1) is 0 Å². The van der Waals surface area contributed by atoms with Crippen molar-refractivity contribution in [3.05, 3.63) is 212 Å². The molecule has 3 aromatic heterocycles. The number of hydrogen-bond donors (Lipinski definition) is 0. The zero-order valence-corrected chi connectivity index (χ0v) is 33.0. The van der Waals surface area contributed by atoms with Crippen LogP contribution in [0.5, 0.6) is 0 Å². The fraction of sp³-hybridized carbons (Fsp3) is 0. The summed E-state index contributed by atoms with van der Waals surface area (Å²) in [6.45, 7) is 0. The predicted octanol–water partition coefficient (Wildman–Crippen LogP) is 15.2. The van der Waals surface area contributed by atoms with Crippen molar-refractivity contribution in [3.63, 3.8) is 0 Å². The van der Waals surface area contributed by atoms with Crippen molar-refractivity contribution in [3.8, 4) is 67.3 Å². The van der Waals surface area contributed by atoms with Crippen LogP contribution in [0.1, 0.15) is 0 Å². The molecule has 12 aromatic rings. The molecule has 9 aromatic carbocycles. The Morgan fingerprint density at radius 1 is 0.279 bits per heavy atom. The topological polar surface area (TPSA) is 51.8 Å². The predicted molar refractivity (Wildman–Crippen MR) is 252 cm³/mol. The molecule has 0 amide bonds. The molecule has 0 aliphatic carbocycles. The fourth-order valence-corrected chi connectivity index (χ4v) is 8.99. The Morgan fingerprint density at radius 3 is 1.56 bits per heavy atom. The van der Waals surface area contributed by atoms with Crippen molar-refractivity contribution in [2.45, 2.75) is 0 Å². The molecule has 3 heterocycles. The summed E-state index contributed by atoms with van der Waals surface area (Å²) in [4.78, 5) is 15.6. The van der Waals surface area contributed by atoms with Gasteiger partial charge in [-0.15, -0.1) is 0 Å². The third kappa shape index (κ3) is 5.96. The first-order chi connectivity index (χ1) is 30.2. The minimum atomic E-state index is 0.703. The van der Waals surface area contributed by atoms with Crippen LogP contribution >= 0.6 is 0 Å². The molecule has 0 aliphatic rings. The maximum Gasteiger partial charge on any atom is 0.160 e. The molecule has 0 aliphatic heterocycles. The number of aromatic nitrogens is 3. The highest BCUT2D eigenvalue weighted by Gasteiger charge is 2.22. The van der Waals surface area contributed by atoms with Crippen LogP contribution in [0.25, 0.3) is 122 Å². The zero-order valence-electron chi connectivity index (χ0n) is 33.0. The molecule has 0 unspecified atom stereocenters. The smallest absolute Gasteiger partial charge is 0.160 e. The maximum atomic E-state index is 6.61. The van der Waals surface area contributed by atoms with Gasteiger partial charge in [0.2, 0.25) is 0 Å². The van der Waals surface area contributed by atoms with Gasteiger partial charge in [-0.3, -0.25) is 0 Å². The highest BCUT2D eigenvalue weighted by molar-refractivity contribution is 6.27. The molecule has 0 saturated heterocycles. The van der Waals surface area contributed by atoms with E-state index in [0.29, 0.717) is 5.82 Å². The van der Waals surface area contributed by atoms with Crippen molar-refractivity contribution in [2.24, 2.45) is 0 Å². The molecule has 0 bridgehead atoms. The van der Waals surface area contributed by atoms with Gasteiger partial charge in [-0.25, -0.2) is 15.0 Å². The molecule has 0 atom stereocenters. The van der Waals surface area contributed by atoms with E-state index in [-0.39, 0.29) is 0 Å². The Morgan fingerprint density at radius 2 is 0.803 bits per heavy atom. The minimum absolute atomic E-state index is 0.703. The number of pyridine rings is 1. The number of nitrogens with zero attached hydrogens (tertiary/aromatic N) is 3. The van der Waals surface area contributed by atoms with Gasteiger partial charge in [0, 0.05) is 54.6 Å². The summed E-state index contributed by atoms with van der Waals surface area (Å²) in [7, 11) is 0. The number of furan rings is 1. The van der Waals surface area contributed by atoms with E-state index < -0.39 is 0 Å². The molecular weight excluding hydrogens is 743 g/mol. The summed E-state index contributed by atoms with van der Waals surface area (Å²) >= 11 is 0. The lowest BCUT2D eigenvalue weighted by Gasteiger charge is -2.16. The Balaban J connectivity index is 0.986. The van der Waals surface area contributed by atoms with Gasteiger partial charge in [0.15, 0.2) is 5.82 Å². The molecule has 12 rings (SSSR count). The van der Waals surface area contributed by atoms with Crippen molar-refractivity contribution in [1.82, 2.24) is 15.0 Å². The lowest BCUT2D eigenvalue weighted by atomic mass is 9.89. The highest BCUT2D eigenvalue weighted by Crippen LogP contribution is 2.46. The van der Waals surface area contributed by atoms with E-state index >= 15 is 0 Å². The quantitative estimate of drug-likeness (QED) is 0.158. The number of benzene rings is 9.